The monoisotopic (exact) mass is 242 g/mol. The van der Waals surface area contributed by atoms with Gasteiger partial charge in [0.25, 0.3) is 0 Å². The van der Waals surface area contributed by atoms with Crippen molar-refractivity contribution in [2.24, 2.45) is 5.73 Å². The summed E-state index contributed by atoms with van der Waals surface area (Å²) in [4.78, 5) is 0.315. The molecule has 0 amide bonds. The van der Waals surface area contributed by atoms with Gasteiger partial charge in [0, 0.05) is 19.6 Å². The number of sulfonamides is 1. The molecule has 0 aromatic heterocycles. The van der Waals surface area contributed by atoms with E-state index in [1.54, 1.807) is 32.2 Å². The summed E-state index contributed by atoms with van der Waals surface area (Å²) in [5.41, 5.74) is 6.52. The molecular formula is C11H18N2O2S. The highest BCUT2D eigenvalue weighted by Gasteiger charge is 2.21. The lowest BCUT2D eigenvalue weighted by molar-refractivity contribution is 0.445. The molecule has 0 saturated carbocycles. The van der Waals surface area contributed by atoms with Gasteiger partial charge in [0.15, 0.2) is 0 Å². The zero-order chi connectivity index (χ0) is 12.3. The number of benzene rings is 1. The Balaban J connectivity index is 3.02. The van der Waals surface area contributed by atoms with E-state index in [0.29, 0.717) is 11.4 Å². The van der Waals surface area contributed by atoms with Crippen LogP contribution in [0.1, 0.15) is 12.5 Å². The minimum absolute atomic E-state index is 0.176. The van der Waals surface area contributed by atoms with Crippen LogP contribution in [-0.4, -0.2) is 32.4 Å². The molecule has 16 heavy (non-hydrogen) atoms. The van der Waals surface area contributed by atoms with Crippen molar-refractivity contribution < 1.29 is 8.42 Å². The lowest BCUT2D eigenvalue weighted by atomic mass is 10.2. The number of hydrogen-bond donors (Lipinski definition) is 1. The van der Waals surface area contributed by atoms with Gasteiger partial charge in [0.1, 0.15) is 0 Å². The first-order valence-corrected chi connectivity index (χ1v) is 6.56. The van der Waals surface area contributed by atoms with E-state index in [1.807, 2.05) is 13.0 Å². The van der Waals surface area contributed by atoms with E-state index >= 15 is 0 Å². The minimum Gasteiger partial charge on any atom is -0.327 e. The lowest BCUT2D eigenvalue weighted by Crippen LogP contribution is -2.36. The van der Waals surface area contributed by atoms with Crippen molar-refractivity contribution in [2.75, 3.05) is 13.6 Å². The predicted molar refractivity (Wildman–Crippen MR) is 64.6 cm³/mol. The molecule has 0 aliphatic rings. The van der Waals surface area contributed by atoms with Gasteiger partial charge in [0.2, 0.25) is 10.0 Å². The van der Waals surface area contributed by atoms with Gasteiger partial charge in [-0.25, -0.2) is 8.42 Å². The highest BCUT2D eigenvalue weighted by Crippen LogP contribution is 2.15. The first kappa shape index (κ1) is 13.2. The van der Waals surface area contributed by atoms with E-state index < -0.39 is 10.0 Å². The van der Waals surface area contributed by atoms with Gasteiger partial charge >= 0.3 is 0 Å². The number of likely N-dealkylation sites (N-methyl/N-ethyl adjacent to an activating group) is 1. The van der Waals surface area contributed by atoms with Gasteiger partial charge in [-0.15, -0.1) is 0 Å². The van der Waals surface area contributed by atoms with Crippen molar-refractivity contribution in [3.63, 3.8) is 0 Å². The molecule has 0 radical (unpaired) electrons. The molecule has 1 rings (SSSR count). The van der Waals surface area contributed by atoms with Crippen molar-refractivity contribution >= 4 is 10.0 Å². The standard InChI is InChI=1S/C11H18N2O2S/c1-9-5-4-6-11(7-9)16(14,15)13(3)8-10(2)12/h4-7,10H,8,12H2,1-3H3. The average molecular weight is 242 g/mol. The third kappa shape index (κ3) is 3.04. The summed E-state index contributed by atoms with van der Waals surface area (Å²) in [6.45, 7) is 3.96. The third-order valence-corrected chi connectivity index (χ3v) is 4.06. The second-order valence-corrected chi connectivity index (χ2v) is 6.12. The van der Waals surface area contributed by atoms with Crippen LogP contribution in [0.15, 0.2) is 29.2 Å². The second kappa shape index (κ2) is 4.95. The van der Waals surface area contributed by atoms with Crippen LogP contribution in [0.4, 0.5) is 0 Å². The van der Waals surface area contributed by atoms with Crippen LogP contribution in [0.25, 0.3) is 0 Å². The zero-order valence-electron chi connectivity index (χ0n) is 9.84. The molecule has 1 aromatic carbocycles. The van der Waals surface area contributed by atoms with E-state index in [4.69, 9.17) is 5.73 Å². The molecule has 0 heterocycles. The Hall–Kier alpha value is -0.910. The first-order valence-electron chi connectivity index (χ1n) is 5.12. The predicted octanol–water partition coefficient (Wildman–Crippen LogP) is 0.963. The van der Waals surface area contributed by atoms with Crippen molar-refractivity contribution in [1.29, 1.82) is 0 Å². The summed E-state index contributed by atoms with van der Waals surface area (Å²) >= 11 is 0. The maximum atomic E-state index is 12.1. The van der Waals surface area contributed by atoms with Crippen LogP contribution in [0, 0.1) is 6.92 Å². The maximum Gasteiger partial charge on any atom is 0.242 e. The normalized spacial score (nSPS) is 14.1. The number of hydrogen-bond acceptors (Lipinski definition) is 3. The molecule has 0 spiro atoms. The van der Waals surface area contributed by atoms with Crippen molar-refractivity contribution in [3.8, 4) is 0 Å². The highest BCUT2D eigenvalue weighted by molar-refractivity contribution is 7.89. The number of rotatable bonds is 4. The van der Waals surface area contributed by atoms with Crippen LogP contribution >= 0.6 is 0 Å². The quantitative estimate of drug-likeness (QED) is 0.855. The van der Waals surface area contributed by atoms with Gasteiger partial charge in [-0.1, -0.05) is 12.1 Å². The molecule has 0 fully saturated rings. The van der Waals surface area contributed by atoms with Gasteiger partial charge < -0.3 is 5.73 Å². The number of aryl methyl sites for hydroxylation is 1. The number of nitrogens with two attached hydrogens (primary N) is 1. The molecule has 1 aromatic rings. The Bertz CT molecular complexity index is 455. The summed E-state index contributed by atoms with van der Waals surface area (Å²) in [6.07, 6.45) is 0. The SMILES string of the molecule is Cc1cccc(S(=O)(=O)N(C)CC(C)N)c1. The van der Waals surface area contributed by atoms with Crippen LogP contribution in [-0.2, 0) is 10.0 Å². The van der Waals surface area contributed by atoms with Gasteiger partial charge in [0.05, 0.1) is 4.90 Å². The molecule has 1 unspecified atom stereocenters. The second-order valence-electron chi connectivity index (χ2n) is 4.08. The Labute approximate surface area is 97.1 Å². The smallest absolute Gasteiger partial charge is 0.242 e. The van der Waals surface area contributed by atoms with E-state index in [1.165, 1.54) is 4.31 Å². The van der Waals surface area contributed by atoms with Gasteiger partial charge in [-0.05, 0) is 31.5 Å². The largest absolute Gasteiger partial charge is 0.327 e. The molecule has 2 N–H and O–H groups in total. The van der Waals surface area contributed by atoms with E-state index in [2.05, 4.69) is 0 Å². The zero-order valence-corrected chi connectivity index (χ0v) is 10.7. The molecule has 0 bridgehead atoms. The van der Waals surface area contributed by atoms with Crippen LogP contribution < -0.4 is 5.73 Å². The molecule has 0 aliphatic carbocycles. The minimum atomic E-state index is -3.40. The molecule has 90 valence electrons. The van der Waals surface area contributed by atoms with Crippen LogP contribution in [0.5, 0.6) is 0 Å². The number of nitrogens with zero attached hydrogens (tertiary/aromatic N) is 1. The van der Waals surface area contributed by atoms with Crippen molar-refractivity contribution in [3.05, 3.63) is 29.8 Å². The third-order valence-electron chi connectivity index (χ3n) is 2.24. The summed E-state index contributed by atoms with van der Waals surface area (Å²) in [7, 11) is -1.86. The fourth-order valence-corrected chi connectivity index (χ4v) is 2.84. The van der Waals surface area contributed by atoms with E-state index in [-0.39, 0.29) is 6.04 Å². The summed E-state index contributed by atoms with van der Waals surface area (Å²) in [5, 5.41) is 0. The Morgan fingerprint density at radius 2 is 2.06 bits per heavy atom. The van der Waals surface area contributed by atoms with Gasteiger partial charge in [-0.2, -0.15) is 4.31 Å². The van der Waals surface area contributed by atoms with Gasteiger partial charge in [-0.3, -0.25) is 0 Å². The van der Waals surface area contributed by atoms with Crippen LogP contribution in [0.2, 0.25) is 0 Å². The lowest BCUT2D eigenvalue weighted by Gasteiger charge is -2.19. The Morgan fingerprint density at radius 1 is 1.44 bits per heavy atom. The first-order chi connectivity index (χ1) is 7.34. The van der Waals surface area contributed by atoms with Crippen molar-refractivity contribution in [2.45, 2.75) is 24.8 Å². The topological polar surface area (TPSA) is 63.4 Å². The molecule has 0 aliphatic heterocycles. The Kier molecular flexibility index (Phi) is 4.07. The molecule has 4 nitrogen and oxygen atoms in total. The van der Waals surface area contributed by atoms with E-state index in [0.717, 1.165) is 5.56 Å². The average Bonchev–Trinajstić information content (AvgIpc) is 2.16. The molecule has 0 saturated heterocycles. The Morgan fingerprint density at radius 3 is 2.56 bits per heavy atom. The summed E-state index contributed by atoms with van der Waals surface area (Å²) in [5.74, 6) is 0. The molecule has 5 heteroatoms. The fourth-order valence-electron chi connectivity index (χ4n) is 1.46. The highest BCUT2D eigenvalue weighted by atomic mass is 32.2. The van der Waals surface area contributed by atoms with Crippen molar-refractivity contribution in [1.82, 2.24) is 4.31 Å². The molecule has 1 atom stereocenters. The van der Waals surface area contributed by atoms with E-state index in [9.17, 15) is 8.42 Å². The van der Waals surface area contributed by atoms with Crippen LogP contribution in [0.3, 0.4) is 0 Å². The maximum absolute atomic E-state index is 12.1. The fraction of sp³-hybridized carbons (Fsp3) is 0.455. The molecular weight excluding hydrogens is 224 g/mol. The summed E-state index contributed by atoms with van der Waals surface area (Å²) < 4.78 is 25.5. The summed E-state index contributed by atoms with van der Waals surface area (Å²) in [6, 6.07) is 6.68.